The lowest BCUT2D eigenvalue weighted by atomic mass is 10.0. The van der Waals surface area contributed by atoms with Crippen molar-refractivity contribution in [3.8, 4) is 0 Å². The van der Waals surface area contributed by atoms with Gasteiger partial charge < -0.3 is 0 Å². The third-order valence-corrected chi connectivity index (χ3v) is 2.29. The number of likely N-dealkylation sites (N-methyl/N-ethyl adjacent to an activating group) is 1. The molecule has 1 heteroatoms. The van der Waals surface area contributed by atoms with Crippen molar-refractivity contribution in [3.63, 3.8) is 0 Å². The molecule has 0 aromatic carbocycles. The summed E-state index contributed by atoms with van der Waals surface area (Å²) in [6, 6.07) is 0. The highest BCUT2D eigenvalue weighted by atomic mass is 15.1. The molecular weight excluding hydrogens is 146 g/mol. The third-order valence-electron chi connectivity index (χ3n) is 2.29. The highest BCUT2D eigenvalue weighted by Gasteiger charge is 2.17. The SMILES string of the molecule is CC.CN1CC2=C(CCC=C2)C1. The summed E-state index contributed by atoms with van der Waals surface area (Å²) in [5.41, 5.74) is 3.25. The Labute approximate surface area is 75.8 Å². The zero-order valence-corrected chi connectivity index (χ0v) is 8.43. The molecule has 2 aliphatic rings. The van der Waals surface area contributed by atoms with E-state index in [-0.39, 0.29) is 0 Å². The van der Waals surface area contributed by atoms with Crippen molar-refractivity contribution >= 4 is 0 Å². The summed E-state index contributed by atoms with van der Waals surface area (Å²) < 4.78 is 0. The zero-order chi connectivity index (χ0) is 8.97. The average molecular weight is 165 g/mol. The smallest absolute Gasteiger partial charge is 0.0234 e. The van der Waals surface area contributed by atoms with Crippen molar-refractivity contribution < 1.29 is 0 Å². The molecule has 0 atom stereocenters. The minimum atomic E-state index is 1.17. The summed E-state index contributed by atoms with van der Waals surface area (Å²) in [4.78, 5) is 2.38. The molecule has 1 aliphatic carbocycles. The molecule has 0 aromatic heterocycles. The Morgan fingerprint density at radius 3 is 2.67 bits per heavy atom. The molecular formula is C11H19N. The van der Waals surface area contributed by atoms with Gasteiger partial charge in [-0.3, -0.25) is 4.90 Å². The van der Waals surface area contributed by atoms with Crippen LogP contribution < -0.4 is 0 Å². The first-order valence-corrected chi connectivity index (χ1v) is 4.92. The van der Waals surface area contributed by atoms with Crippen molar-refractivity contribution in [2.75, 3.05) is 20.1 Å². The summed E-state index contributed by atoms with van der Waals surface area (Å²) in [7, 11) is 2.19. The first kappa shape index (κ1) is 9.53. The second kappa shape index (κ2) is 4.46. The number of nitrogens with zero attached hydrogens (tertiary/aromatic N) is 1. The summed E-state index contributed by atoms with van der Waals surface area (Å²) in [6.07, 6.45) is 7.14. The molecule has 0 unspecified atom stereocenters. The van der Waals surface area contributed by atoms with Gasteiger partial charge in [-0.15, -0.1) is 0 Å². The first-order valence-electron chi connectivity index (χ1n) is 4.92. The summed E-state index contributed by atoms with van der Waals surface area (Å²) in [5, 5.41) is 0. The highest BCUT2D eigenvalue weighted by molar-refractivity contribution is 5.35. The van der Waals surface area contributed by atoms with Crippen LogP contribution in [0.4, 0.5) is 0 Å². The molecule has 0 saturated heterocycles. The monoisotopic (exact) mass is 165 g/mol. The van der Waals surface area contributed by atoms with Crippen molar-refractivity contribution in [3.05, 3.63) is 23.3 Å². The van der Waals surface area contributed by atoms with E-state index in [9.17, 15) is 0 Å². The molecule has 0 saturated carbocycles. The first-order chi connectivity index (χ1) is 5.86. The van der Waals surface area contributed by atoms with Crippen LogP contribution in [-0.4, -0.2) is 25.0 Å². The van der Waals surface area contributed by atoms with E-state index in [4.69, 9.17) is 0 Å². The second-order valence-electron chi connectivity index (χ2n) is 3.24. The van der Waals surface area contributed by atoms with E-state index in [0.29, 0.717) is 0 Å². The Hall–Kier alpha value is -0.560. The van der Waals surface area contributed by atoms with Gasteiger partial charge in [-0.25, -0.2) is 0 Å². The number of allylic oxidation sites excluding steroid dienone is 1. The molecule has 68 valence electrons. The molecule has 2 rings (SSSR count). The maximum Gasteiger partial charge on any atom is 0.0234 e. The summed E-state index contributed by atoms with van der Waals surface area (Å²) >= 11 is 0. The van der Waals surface area contributed by atoms with Gasteiger partial charge in [0, 0.05) is 13.1 Å². The standard InChI is InChI=1S/C9H13N.C2H6/c1-10-6-8-4-2-3-5-9(8)7-10;1-2/h2,4H,3,5-7H2,1H3;1-2H3. The average Bonchev–Trinajstić information content (AvgIpc) is 2.48. The largest absolute Gasteiger partial charge is 0.298 e. The molecule has 0 N–H and O–H groups in total. The predicted octanol–water partition coefficient (Wildman–Crippen LogP) is 2.60. The van der Waals surface area contributed by atoms with Crippen molar-refractivity contribution in [1.82, 2.24) is 4.90 Å². The van der Waals surface area contributed by atoms with E-state index < -0.39 is 0 Å². The maximum atomic E-state index is 2.38. The molecule has 0 amide bonds. The van der Waals surface area contributed by atoms with Gasteiger partial charge >= 0.3 is 0 Å². The fraction of sp³-hybridized carbons (Fsp3) is 0.636. The van der Waals surface area contributed by atoms with E-state index in [1.165, 1.54) is 25.9 Å². The van der Waals surface area contributed by atoms with Crippen LogP contribution >= 0.6 is 0 Å². The van der Waals surface area contributed by atoms with Crippen LogP contribution in [0.5, 0.6) is 0 Å². The lowest BCUT2D eigenvalue weighted by Gasteiger charge is -2.06. The molecule has 1 nitrogen and oxygen atoms in total. The Bertz CT molecular complexity index is 201. The normalized spacial score (nSPS) is 21.9. The van der Waals surface area contributed by atoms with Gasteiger partial charge in [0.05, 0.1) is 0 Å². The van der Waals surface area contributed by atoms with E-state index in [1.54, 1.807) is 11.1 Å². The van der Waals surface area contributed by atoms with Crippen LogP contribution in [0.25, 0.3) is 0 Å². The Kier molecular flexibility index (Phi) is 3.54. The van der Waals surface area contributed by atoms with Crippen molar-refractivity contribution in [2.45, 2.75) is 26.7 Å². The molecule has 0 bridgehead atoms. The van der Waals surface area contributed by atoms with Gasteiger partial charge in [0.25, 0.3) is 0 Å². The lowest BCUT2D eigenvalue weighted by molar-refractivity contribution is 0.424. The molecule has 1 aliphatic heterocycles. The third kappa shape index (κ3) is 1.98. The number of hydrogen-bond donors (Lipinski definition) is 0. The highest BCUT2D eigenvalue weighted by Crippen LogP contribution is 2.24. The van der Waals surface area contributed by atoms with Gasteiger partial charge in [-0.2, -0.15) is 0 Å². The van der Waals surface area contributed by atoms with Crippen LogP contribution in [0.1, 0.15) is 26.7 Å². The van der Waals surface area contributed by atoms with E-state index in [1.807, 2.05) is 13.8 Å². The molecule has 0 radical (unpaired) electrons. The van der Waals surface area contributed by atoms with Crippen molar-refractivity contribution in [2.24, 2.45) is 0 Å². The van der Waals surface area contributed by atoms with E-state index in [0.717, 1.165) is 0 Å². The van der Waals surface area contributed by atoms with Crippen LogP contribution in [0.2, 0.25) is 0 Å². The number of hydrogen-bond acceptors (Lipinski definition) is 1. The Morgan fingerprint density at radius 2 is 2.00 bits per heavy atom. The Balaban J connectivity index is 0.000000336. The van der Waals surface area contributed by atoms with E-state index in [2.05, 4.69) is 24.1 Å². The van der Waals surface area contributed by atoms with Crippen LogP contribution in [0.15, 0.2) is 23.3 Å². The maximum absolute atomic E-state index is 2.38. The fourth-order valence-electron chi connectivity index (χ4n) is 1.78. The van der Waals surface area contributed by atoms with Crippen molar-refractivity contribution in [1.29, 1.82) is 0 Å². The summed E-state index contributed by atoms with van der Waals surface area (Å²) in [5.74, 6) is 0. The molecule has 0 aromatic rings. The number of rotatable bonds is 0. The topological polar surface area (TPSA) is 3.24 Å². The fourth-order valence-corrected chi connectivity index (χ4v) is 1.78. The Morgan fingerprint density at radius 1 is 1.25 bits per heavy atom. The second-order valence-corrected chi connectivity index (χ2v) is 3.24. The minimum absolute atomic E-state index is 1.17. The quantitative estimate of drug-likeness (QED) is 0.533. The van der Waals surface area contributed by atoms with Gasteiger partial charge in [0.15, 0.2) is 0 Å². The van der Waals surface area contributed by atoms with Gasteiger partial charge in [0.2, 0.25) is 0 Å². The minimum Gasteiger partial charge on any atom is -0.298 e. The van der Waals surface area contributed by atoms with Gasteiger partial charge in [-0.1, -0.05) is 31.6 Å². The molecule has 0 spiro atoms. The zero-order valence-electron chi connectivity index (χ0n) is 8.43. The molecule has 1 heterocycles. The summed E-state index contributed by atoms with van der Waals surface area (Å²) in [6.45, 7) is 6.38. The lowest BCUT2D eigenvalue weighted by Crippen LogP contribution is -2.14. The molecule has 0 fully saturated rings. The van der Waals surface area contributed by atoms with E-state index >= 15 is 0 Å². The van der Waals surface area contributed by atoms with Crippen LogP contribution in [-0.2, 0) is 0 Å². The van der Waals surface area contributed by atoms with Crippen LogP contribution in [0, 0.1) is 0 Å². The van der Waals surface area contributed by atoms with Gasteiger partial charge in [-0.05, 0) is 25.5 Å². The predicted molar refractivity (Wildman–Crippen MR) is 54.2 cm³/mol. The molecule has 12 heavy (non-hydrogen) atoms. The van der Waals surface area contributed by atoms with Crippen LogP contribution in [0.3, 0.4) is 0 Å². The van der Waals surface area contributed by atoms with Gasteiger partial charge in [0.1, 0.15) is 0 Å².